The lowest BCUT2D eigenvalue weighted by atomic mass is 9.48. The van der Waals surface area contributed by atoms with Crippen molar-refractivity contribution in [3.8, 4) is 0 Å². The van der Waals surface area contributed by atoms with Gasteiger partial charge in [-0.3, -0.25) is 4.79 Å². The van der Waals surface area contributed by atoms with E-state index in [9.17, 15) is 9.90 Å². The van der Waals surface area contributed by atoms with Gasteiger partial charge in [0.05, 0.1) is 6.10 Å². The predicted octanol–water partition coefficient (Wildman–Crippen LogP) is 4.45. The van der Waals surface area contributed by atoms with E-state index in [4.69, 9.17) is 0 Å². The number of fused-ring (bicyclic) bond motifs is 3. The minimum absolute atomic E-state index is 0.0159. The number of hydrogen-bond donors (Lipinski definition) is 1. The average molecular weight is 306 g/mol. The number of carbonyl (C=O) groups is 1. The zero-order chi connectivity index (χ0) is 16.3. The predicted molar refractivity (Wildman–Crippen MR) is 89.4 cm³/mol. The number of aliphatic hydroxyl groups is 1. The fourth-order valence-corrected chi connectivity index (χ4v) is 6.52. The van der Waals surface area contributed by atoms with E-state index in [2.05, 4.69) is 34.6 Å². The molecule has 126 valence electrons. The maximum absolute atomic E-state index is 12.8. The third kappa shape index (κ3) is 2.28. The third-order valence-corrected chi connectivity index (χ3v) is 8.13. The maximum Gasteiger partial charge on any atom is 0.136 e. The third-order valence-electron chi connectivity index (χ3n) is 8.13. The van der Waals surface area contributed by atoms with E-state index in [1.807, 2.05) is 0 Å². The first kappa shape index (κ1) is 16.5. The van der Waals surface area contributed by atoms with Crippen LogP contribution in [0.1, 0.15) is 73.1 Å². The van der Waals surface area contributed by atoms with Crippen molar-refractivity contribution in [2.75, 3.05) is 0 Å². The van der Waals surface area contributed by atoms with E-state index >= 15 is 0 Å². The molecule has 3 fully saturated rings. The number of ketones is 1. The van der Waals surface area contributed by atoms with E-state index in [1.165, 1.54) is 6.42 Å². The van der Waals surface area contributed by atoms with Crippen LogP contribution in [0.5, 0.6) is 0 Å². The number of rotatable bonds is 0. The van der Waals surface area contributed by atoms with Crippen LogP contribution < -0.4 is 0 Å². The summed E-state index contributed by atoms with van der Waals surface area (Å²) >= 11 is 0. The summed E-state index contributed by atoms with van der Waals surface area (Å²) in [7, 11) is 0. The molecule has 0 radical (unpaired) electrons. The van der Waals surface area contributed by atoms with Crippen molar-refractivity contribution in [1.82, 2.24) is 0 Å². The Morgan fingerprint density at radius 3 is 2.36 bits per heavy atom. The molecule has 2 bridgehead atoms. The Morgan fingerprint density at radius 1 is 1.00 bits per heavy atom. The molecule has 2 nitrogen and oxygen atoms in total. The molecule has 0 aliphatic heterocycles. The maximum atomic E-state index is 12.8. The van der Waals surface area contributed by atoms with Crippen LogP contribution >= 0.6 is 0 Å². The van der Waals surface area contributed by atoms with Gasteiger partial charge in [0.15, 0.2) is 0 Å². The van der Waals surface area contributed by atoms with Gasteiger partial charge in [0.1, 0.15) is 5.78 Å². The topological polar surface area (TPSA) is 37.3 Å². The summed E-state index contributed by atoms with van der Waals surface area (Å²) in [5, 5.41) is 10.7. The van der Waals surface area contributed by atoms with Crippen LogP contribution in [0.25, 0.3) is 0 Å². The number of carbonyl (C=O) groups excluding carboxylic acids is 1. The van der Waals surface area contributed by atoms with Crippen molar-refractivity contribution >= 4 is 5.78 Å². The molecule has 7 atom stereocenters. The van der Waals surface area contributed by atoms with Crippen molar-refractivity contribution in [2.45, 2.75) is 79.2 Å². The Balaban J connectivity index is 2.00. The second kappa shape index (κ2) is 5.33. The van der Waals surface area contributed by atoms with Crippen molar-refractivity contribution in [3.63, 3.8) is 0 Å². The summed E-state index contributed by atoms with van der Waals surface area (Å²) in [4.78, 5) is 12.8. The highest BCUT2D eigenvalue weighted by Gasteiger charge is 2.55. The van der Waals surface area contributed by atoms with Gasteiger partial charge in [-0.15, -0.1) is 0 Å². The van der Waals surface area contributed by atoms with Crippen LogP contribution in [-0.2, 0) is 4.79 Å². The molecular formula is C20H34O2. The van der Waals surface area contributed by atoms with E-state index in [0.717, 1.165) is 32.1 Å². The van der Waals surface area contributed by atoms with Gasteiger partial charge in [0, 0.05) is 12.3 Å². The molecule has 3 rings (SSSR count). The molecule has 3 aliphatic rings. The number of Topliss-reactive ketones (excluding diaryl/α,β-unsaturated/α-hetero) is 1. The fraction of sp³-hybridized carbons (Fsp3) is 0.950. The minimum atomic E-state index is -0.180. The molecule has 2 heteroatoms. The molecule has 0 saturated heterocycles. The second-order valence-electron chi connectivity index (χ2n) is 9.59. The molecule has 3 saturated carbocycles. The van der Waals surface area contributed by atoms with Crippen molar-refractivity contribution in [2.24, 2.45) is 40.4 Å². The number of hydrogen-bond acceptors (Lipinski definition) is 2. The zero-order valence-electron chi connectivity index (χ0n) is 15.1. The zero-order valence-corrected chi connectivity index (χ0v) is 15.1. The molecule has 1 unspecified atom stereocenters. The fourth-order valence-electron chi connectivity index (χ4n) is 6.52. The molecule has 3 aliphatic carbocycles. The Labute approximate surface area is 136 Å². The van der Waals surface area contributed by atoms with Gasteiger partial charge < -0.3 is 5.11 Å². The van der Waals surface area contributed by atoms with Crippen LogP contribution in [0.2, 0.25) is 0 Å². The Morgan fingerprint density at radius 2 is 1.68 bits per heavy atom. The molecular weight excluding hydrogens is 272 g/mol. The van der Waals surface area contributed by atoms with E-state index in [0.29, 0.717) is 29.5 Å². The molecule has 0 aromatic rings. The summed E-state index contributed by atoms with van der Waals surface area (Å²) in [5.74, 6) is 2.94. The van der Waals surface area contributed by atoms with Gasteiger partial charge in [-0.05, 0) is 66.6 Å². The van der Waals surface area contributed by atoms with Crippen molar-refractivity contribution in [3.05, 3.63) is 0 Å². The average Bonchev–Trinajstić information content (AvgIpc) is 2.40. The molecule has 22 heavy (non-hydrogen) atoms. The molecule has 0 heterocycles. The van der Waals surface area contributed by atoms with Crippen LogP contribution in [-0.4, -0.2) is 17.0 Å². The lowest BCUT2D eigenvalue weighted by molar-refractivity contribution is -0.150. The monoisotopic (exact) mass is 306 g/mol. The highest BCUT2D eigenvalue weighted by molar-refractivity contribution is 5.83. The Hall–Kier alpha value is -0.370. The summed E-state index contributed by atoms with van der Waals surface area (Å²) in [6.07, 6.45) is 5.96. The summed E-state index contributed by atoms with van der Waals surface area (Å²) in [6.45, 7) is 11.6. The second-order valence-corrected chi connectivity index (χ2v) is 9.59. The Kier molecular flexibility index (Phi) is 3.99. The van der Waals surface area contributed by atoms with Crippen LogP contribution in [0.15, 0.2) is 0 Å². The summed E-state index contributed by atoms with van der Waals surface area (Å²) in [6, 6.07) is 0. The standard InChI is InChI=1S/C20H34O2/c1-12-6-7-18(22)20(5)9-8-14-13(2)10-17(21)16(11-15(12)20)19(14,3)4/h12-16,18,22H,6-11H2,1-5H3/t12-,13-,14+,15-,16-,18?,20+/m1/s1. The van der Waals surface area contributed by atoms with Gasteiger partial charge in [0.2, 0.25) is 0 Å². The SMILES string of the molecule is C[C@@H]1CCC(O)[C@@]2(C)CC[C@H]3[C@H](C)CC(=O)[C@@H](C[C@H]12)C3(C)C. The number of aliphatic hydroxyl groups excluding tert-OH is 1. The highest BCUT2D eigenvalue weighted by Crippen LogP contribution is 2.59. The lowest BCUT2D eigenvalue weighted by Gasteiger charge is -2.57. The van der Waals surface area contributed by atoms with Crippen molar-refractivity contribution < 1.29 is 9.90 Å². The van der Waals surface area contributed by atoms with E-state index in [-0.39, 0.29) is 22.9 Å². The minimum Gasteiger partial charge on any atom is -0.393 e. The van der Waals surface area contributed by atoms with Gasteiger partial charge in [-0.25, -0.2) is 0 Å². The largest absolute Gasteiger partial charge is 0.393 e. The van der Waals surface area contributed by atoms with Gasteiger partial charge in [-0.2, -0.15) is 0 Å². The highest BCUT2D eigenvalue weighted by atomic mass is 16.3. The van der Waals surface area contributed by atoms with E-state index in [1.54, 1.807) is 0 Å². The van der Waals surface area contributed by atoms with Crippen LogP contribution in [0, 0.1) is 40.4 Å². The first-order valence-corrected chi connectivity index (χ1v) is 9.38. The van der Waals surface area contributed by atoms with Gasteiger partial charge >= 0.3 is 0 Å². The van der Waals surface area contributed by atoms with Gasteiger partial charge in [-0.1, -0.05) is 34.6 Å². The smallest absolute Gasteiger partial charge is 0.136 e. The molecule has 0 aromatic heterocycles. The normalized spacial score (nSPS) is 51.6. The van der Waals surface area contributed by atoms with Crippen LogP contribution in [0.3, 0.4) is 0 Å². The first-order chi connectivity index (χ1) is 10.2. The van der Waals surface area contributed by atoms with E-state index < -0.39 is 0 Å². The molecule has 0 aromatic carbocycles. The summed E-state index contributed by atoms with van der Waals surface area (Å²) in [5.41, 5.74) is 0.139. The van der Waals surface area contributed by atoms with Crippen LogP contribution in [0.4, 0.5) is 0 Å². The first-order valence-electron chi connectivity index (χ1n) is 9.38. The lowest BCUT2D eigenvalue weighted by Crippen LogP contribution is -2.54. The quantitative estimate of drug-likeness (QED) is 0.718. The Bertz CT molecular complexity index is 455. The van der Waals surface area contributed by atoms with Gasteiger partial charge in [0.25, 0.3) is 0 Å². The summed E-state index contributed by atoms with van der Waals surface area (Å²) < 4.78 is 0. The molecule has 0 spiro atoms. The molecule has 1 N–H and O–H groups in total. The molecule has 0 amide bonds. The van der Waals surface area contributed by atoms with Crippen molar-refractivity contribution in [1.29, 1.82) is 0 Å².